The van der Waals surface area contributed by atoms with E-state index in [0.717, 1.165) is 12.0 Å². The summed E-state index contributed by atoms with van der Waals surface area (Å²) in [5.41, 5.74) is 0.855. The molecular weight excluding hydrogens is 286 g/mol. The van der Waals surface area contributed by atoms with E-state index in [9.17, 15) is 8.42 Å². The summed E-state index contributed by atoms with van der Waals surface area (Å²) in [5.74, 6) is 0. The van der Waals surface area contributed by atoms with Crippen molar-refractivity contribution in [2.24, 2.45) is 0 Å². The summed E-state index contributed by atoms with van der Waals surface area (Å²) < 4.78 is 31.8. The first-order valence-electron chi connectivity index (χ1n) is 6.31. The minimum absolute atomic E-state index is 0.192. The number of halogens is 1. The molecule has 0 aliphatic carbocycles. The first kappa shape index (κ1) is 16.4. The molecule has 0 unspecified atom stereocenters. The van der Waals surface area contributed by atoms with Gasteiger partial charge in [0.1, 0.15) is 0 Å². The van der Waals surface area contributed by atoms with Gasteiger partial charge in [-0.3, -0.25) is 0 Å². The Kier molecular flexibility index (Phi) is 6.79. The molecule has 0 aromatic heterocycles. The number of ether oxygens (including phenoxy) is 1. The van der Waals surface area contributed by atoms with Gasteiger partial charge >= 0.3 is 0 Å². The summed E-state index contributed by atoms with van der Waals surface area (Å²) in [6.07, 6.45) is 1.62. The highest BCUT2D eigenvalue weighted by Crippen LogP contribution is 2.19. The summed E-state index contributed by atoms with van der Waals surface area (Å²) in [6.45, 7) is 5.49. The maximum absolute atomic E-state index is 12.0. The molecule has 0 bridgehead atoms. The fourth-order valence-electron chi connectivity index (χ4n) is 1.45. The quantitative estimate of drug-likeness (QED) is 0.751. The zero-order chi connectivity index (χ0) is 14.3. The standard InChI is InChI=1S/C13H20ClNO3S/c1-3-8-18-9-4-7-15-19(16,17)12-6-5-11(2)13(14)10-12/h5-6,10,15H,3-4,7-9H2,1-2H3. The molecule has 0 fully saturated rings. The summed E-state index contributed by atoms with van der Waals surface area (Å²) in [7, 11) is -3.48. The van der Waals surface area contributed by atoms with Crippen molar-refractivity contribution in [3.63, 3.8) is 0 Å². The summed E-state index contributed by atoms with van der Waals surface area (Å²) in [6, 6.07) is 4.71. The molecule has 0 saturated heterocycles. The van der Waals surface area contributed by atoms with Crippen molar-refractivity contribution < 1.29 is 13.2 Å². The van der Waals surface area contributed by atoms with Gasteiger partial charge in [0, 0.05) is 24.8 Å². The van der Waals surface area contributed by atoms with Crippen LogP contribution in [0.3, 0.4) is 0 Å². The molecule has 1 aromatic rings. The van der Waals surface area contributed by atoms with Gasteiger partial charge in [-0.2, -0.15) is 0 Å². The van der Waals surface area contributed by atoms with Crippen LogP contribution >= 0.6 is 11.6 Å². The van der Waals surface area contributed by atoms with Gasteiger partial charge < -0.3 is 4.74 Å². The van der Waals surface area contributed by atoms with E-state index in [4.69, 9.17) is 16.3 Å². The van der Waals surface area contributed by atoms with Crippen molar-refractivity contribution in [3.8, 4) is 0 Å². The summed E-state index contributed by atoms with van der Waals surface area (Å²) in [4.78, 5) is 0.192. The monoisotopic (exact) mass is 305 g/mol. The third kappa shape index (κ3) is 5.48. The van der Waals surface area contributed by atoms with Crippen LogP contribution in [-0.2, 0) is 14.8 Å². The van der Waals surface area contributed by atoms with Crippen molar-refractivity contribution in [3.05, 3.63) is 28.8 Å². The highest BCUT2D eigenvalue weighted by atomic mass is 35.5. The lowest BCUT2D eigenvalue weighted by Gasteiger charge is -2.08. The van der Waals surface area contributed by atoms with Gasteiger partial charge in [0.25, 0.3) is 0 Å². The van der Waals surface area contributed by atoms with Crippen LogP contribution in [0.1, 0.15) is 25.3 Å². The highest BCUT2D eigenvalue weighted by Gasteiger charge is 2.14. The minimum atomic E-state index is -3.48. The van der Waals surface area contributed by atoms with E-state index in [-0.39, 0.29) is 4.90 Å². The van der Waals surface area contributed by atoms with Crippen molar-refractivity contribution >= 4 is 21.6 Å². The first-order chi connectivity index (χ1) is 8.97. The van der Waals surface area contributed by atoms with Crippen molar-refractivity contribution in [2.75, 3.05) is 19.8 Å². The van der Waals surface area contributed by atoms with E-state index >= 15 is 0 Å². The van der Waals surface area contributed by atoms with Crippen LogP contribution in [0.4, 0.5) is 0 Å². The topological polar surface area (TPSA) is 55.4 Å². The maximum Gasteiger partial charge on any atom is 0.240 e. The Bertz CT molecular complexity index is 503. The Morgan fingerprint density at radius 3 is 2.68 bits per heavy atom. The number of nitrogens with one attached hydrogen (secondary N) is 1. The second-order valence-electron chi connectivity index (χ2n) is 4.27. The van der Waals surface area contributed by atoms with Crippen LogP contribution < -0.4 is 4.72 Å². The average molecular weight is 306 g/mol. The van der Waals surface area contributed by atoms with Crippen LogP contribution in [0.5, 0.6) is 0 Å². The van der Waals surface area contributed by atoms with Gasteiger partial charge in [0.15, 0.2) is 0 Å². The average Bonchev–Trinajstić information content (AvgIpc) is 2.36. The smallest absolute Gasteiger partial charge is 0.240 e. The van der Waals surface area contributed by atoms with Gasteiger partial charge in [-0.15, -0.1) is 0 Å². The minimum Gasteiger partial charge on any atom is -0.381 e. The van der Waals surface area contributed by atoms with Gasteiger partial charge in [-0.25, -0.2) is 13.1 Å². The van der Waals surface area contributed by atoms with E-state index < -0.39 is 10.0 Å². The lowest BCUT2D eigenvalue weighted by molar-refractivity contribution is 0.133. The highest BCUT2D eigenvalue weighted by molar-refractivity contribution is 7.89. The van der Waals surface area contributed by atoms with Crippen molar-refractivity contribution in [1.29, 1.82) is 0 Å². The molecule has 0 spiro atoms. The van der Waals surface area contributed by atoms with E-state index in [0.29, 0.717) is 31.2 Å². The fourth-order valence-corrected chi connectivity index (χ4v) is 2.80. The third-order valence-electron chi connectivity index (χ3n) is 2.56. The SMILES string of the molecule is CCCOCCCNS(=O)(=O)c1ccc(C)c(Cl)c1. The number of rotatable bonds is 8. The lowest BCUT2D eigenvalue weighted by Crippen LogP contribution is -2.25. The third-order valence-corrected chi connectivity index (χ3v) is 4.43. The molecule has 0 amide bonds. The van der Waals surface area contributed by atoms with Gasteiger partial charge in [-0.1, -0.05) is 24.6 Å². The summed E-state index contributed by atoms with van der Waals surface area (Å²) in [5, 5.41) is 0.453. The van der Waals surface area contributed by atoms with Crippen LogP contribution in [0.25, 0.3) is 0 Å². The van der Waals surface area contributed by atoms with Gasteiger partial charge in [-0.05, 0) is 37.5 Å². The molecule has 4 nitrogen and oxygen atoms in total. The van der Waals surface area contributed by atoms with Crippen LogP contribution in [0, 0.1) is 6.92 Å². The predicted octanol–water partition coefficient (Wildman–Crippen LogP) is 2.74. The number of hydrogen-bond donors (Lipinski definition) is 1. The Morgan fingerprint density at radius 2 is 2.05 bits per heavy atom. The Hall–Kier alpha value is -0.620. The number of benzene rings is 1. The molecule has 0 atom stereocenters. The van der Waals surface area contributed by atoms with E-state index in [1.54, 1.807) is 12.1 Å². The molecule has 19 heavy (non-hydrogen) atoms. The first-order valence-corrected chi connectivity index (χ1v) is 8.17. The Labute approximate surface area is 120 Å². The van der Waals surface area contributed by atoms with Crippen LogP contribution in [-0.4, -0.2) is 28.2 Å². The molecule has 0 aliphatic rings. The zero-order valence-electron chi connectivity index (χ0n) is 11.3. The molecule has 6 heteroatoms. The Balaban J connectivity index is 2.49. The number of aryl methyl sites for hydroxylation is 1. The predicted molar refractivity (Wildman–Crippen MR) is 77.1 cm³/mol. The molecule has 0 radical (unpaired) electrons. The molecule has 108 valence electrons. The molecule has 0 saturated carbocycles. The van der Waals surface area contributed by atoms with Crippen molar-refractivity contribution in [1.82, 2.24) is 4.72 Å². The van der Waals surface area contributed by atoms with E-state index in [2.05, 4.69) is 4.72 Å². The Morgan fingerprint density at radius 1 is 1.32 bits per heavy atom. The molecule has 0 aliphatic heterocycles. The second-order valence-corrected chi connectivity index (χ2v) is 6.45. The maximum atomic E-state index is 12.0. The van der Waals surface area contributed by atoms with E-state index in [1.165, 1.54) is 6.07 Å². The molecule has 1 aromatic carbocycles. The molecular formula is C13H20ClNO3S. The van der Waals surface area contributed by atoms with Crippen LogP contribution in [0.2, 0.25) is 5.02 Å². The molecule has 1 N–H and O–H groups in total. The number of hydrogen-bond acceptors (Lipinski definition) is 3. The largest absolute Gasteiger partial charge is 0.381 e. The summed E-state index contributed by atoms with van der Waals surface area (Å²) >= 11 is 5.93. The fraction of sp³-hybridized carbons (Fsp3) is 0.538. The van der Waals surface area contributed by atoms with E-state index in [1.807, 2.05) is 13.8 Å². The van der Waals surface area contributed by atoms with Crippen LogP contribution in [0.15, 0.2) is 23.1 Å². The lowest BCUT2D eigenvalue weighted by atomic mass is 10.2. The van der Waals surface area contributed by atoms with Crippen molar-refractivity contribution in [2.45, 2.75) is 31.6 Å². The second kappa shape index (κ2) is 7.85. The normalized spacial score (nSPS) is 11.7. The zero-order valence-corrected chi connectivity index (χ0v) is 12.9. The molecule has 0 heterocycles. The van der Waals surface area contributed by atoms with Gasteiger partial charge in [0.05, 0.1) is 4.90 Å². The molecule has 1 rings (SSSR count). The number of sulfonamides is 1. The van der Waals surface area contributed by atoms with Gasteiger partial charge in [0.2, 0.25) is 10.0 Å².